The lowest BCUT2D eigenvalue weighted by Crippen LogP contribution is -2.25. The van der Waals surface area contributed by atoms with Crippen molar-refractivity contribution < 1.29 is 17.9 Å². The van der Waals surface area contributed by atoms with Crippen molar-refractivity contribution in [2.24, 2.45) is 0 Å². The molecule has 1 saturated heterocycles. The van der Waals surface area contributed by atoms with Crippen LogP contribution in [0.4, 0.5) is 0 Å². The van der Waals surface area contributed by atoms with Gasteiger partial charge in [0.2, 0.25) is 0 Å². The second-order valence-electron chi connectivity index (χ2n) is 4.06. The number of aromatic amines is 1. The Balaban J connectivity index is 2.36. The van der Waals surface area contributed by atoms with Crippen LogP contribution in [0.5, 0.6) is 0 Å². The van der Waals surface area contributed by atoms with E-state index in [1.165, 1.54) is 0 Å². The molecule has 1 aliphatic heterocycles. The van der Waals surface area contributed by atoms with E-state index in [0.717, 1.165) is 10.7 Å². The zero-order valence-corrected chi connectivity index (χ0v) is 10.7. The highest BCUT2D eigenvalue weighted by Crippen LogP contribution is 2.27. The summed E-state index contributed by atoms with van der Waals surface area (Å²) in [6, 6.07) is 1.06. The third-order valence-corrected chi connectivity index (χ3v) is 4.96. The van der Waals surface area contributed by atoms with Gasteiger partial charge >= 0.3 is 5.97 Å². The average Bonchev–Trinajstić information content (AvgIpc) is 2.81. The first-order chi connectivity index (χ1) is 8.45. The number of H-pyrrole nitrogens is 1. The van der Waals surface area contributed by atoms with E-state index in [0.29, 0.717) is 12.8 Å². The highest BCUT2D eigenvalue weighted by molar-refractivity contribution is 7.91. The fourth-order valence-corrected chi connectivity index (χ4v) is 3.85. The Morgan fingerprint density at radius 3 is 2.89 bits per heavy atom. The van der Waals surface area contributed by atoms with E-state index in [1.54, 1.807) is 6.92 Å². The SMILES string of the molecule is CCOC(=O)c1cc(=O)n(C2CCCS2(=O)=O)[nH]1. The number of carbonyl (C=O) groups is 1. The number of hydrogen-bond acceptors (Lipinski definition) is 5. The summed E-state index contributed by atoms with van der Waals surface area (Å²) < 4.78 is 29.2. The van der Waals surface area contributed by atoms with Gasteiger partial charge in [-0.2, -0.15) is 0 Å². The molecule has 100 valence electrons. The summed E-state index contributed by atoms with van der Waals surface area (Å²) in [4.78, 5) is 23.1. The zero-order chi connectivity index (χ0) is 13.3. The first kappa shape index (κ1) is 12.9. The van der Waals surface area contributed by atoms with Gasteiger partial charge in [-0.3, -0.25) is 9.89 Å². The molecule has 18 heavy (non-hydrogen) atoms. The number of aromatic nitrogens is 2. The standard InChI is InChI=1S/C10H14N2O5S/c1-2-17-10(14)7-6-8(13)12(11-7)9-4-3-5-18(9,15)16/h6,9,11H,2-5H2,1H3. The molecule has 1 N–H and O–H groups in total. The second-order valence-corrected chi connectivity index (χ2v) is 6.34. The largest absolute Gasteiger partial charge is 0.461 e. The maximum Gasteiger partial charge on any atom is 0.356 e. The third-order valence-electron chi connectivity index (χ3n) is 2.82. The van der Waals surface area contributed by atoms with E-state index >= 15 is 0 Å². The van der Waals surface area contributed by atoms with Gasteiger partial charge in [0.1, 0.15) is 5.69 Å². The average molecular weight is 274 g/mol. The van der Waals surface area contributed by atoms with Crippen molar-refractivity contribution in [2.45, 2.75) is 25.1 Å². The molecule has 0 saturated carbocycles. The van der Waals surface area contributed by atoms with Crippen LogP contribution in [-0.4, -0.2) is 36.5 Å². The maximum absolute atomic E-state index is 11.7. The van der Waals surface area contributed by atoms with Gasteiger partial charge in [-0.1, -0.05) is 0 Å². The van der Waals surface area contributed by atoms with Gasteiger partial charge in [0, 0.05) is 6.07 Å². The summed E-state index contributed by atoms with van der Waals surface area (Å²) in [6.45, 7) is 1.84. The minimum atomic E-state index is -3.31. The van der Waals surface area contributed by atoms with Crippen LogP contribution in [0, 0.1) is 0 Å². The molecule has 0 bridgehead atoms. The highest BCUT2D eigenvalue weighted by Gasteiger charge is 2.34. The highest BCUT2D eigenvalue weighted by atomic mass is 32.2. The van der Waals surface area contributed by atoms with Crippen LogP contribution in [0.1, 0.15) is 35.6 Å². The topological polar surface area (TPSA) is 98.2 Å². The lowest BCUT2D eigenvalue weighted by molar-refractivity contribution is 0.0518. The summed E-state index contributed by atoms with van der Waals surface area (Å²) >= 11 is 0. The second kappa shape index (κ2) is 4.60. The first-order valence-corrected chi connectivity index (χ1v) is 7.37. The maximum atomic E-state index is 11.7. The van der Waals surface area contributed by atoms with Crippen molar-refractivity contribution in [2.75, 3.05) is 12.4 Å². The molecular formula is C10H14N2O5S. The van der Waals surface area contributed by atoms with Crippen LogP contribution in [0.15, 0.2) is 10.9 Å². The lowest BCUT2D eigenvalue weighted by atomic mass is 10.3. The Kier molecular flexibility index (Phi) is 3.29. The van der Waals surface area contributed by atoms with E-state index in [-0.39, 0.29) is 18.1 Å². The smallest absolute Gasteiger partial charge is 0.356 e. The van der Waals surface area contributed by atoms with E-state index < -0.39 is 26.7 Å². The van der Waals surface area contributed by atoms with E-state index in [2.05, 4.69) is 5.10 Å². The summed E-state index contributed by atoms with van der Waals surface area (Å²) in [5.74, 6) is -0.596. The Morgan fingerprint density at radius 2 is 2.33 bits per heavy atom. The number of hydrogen-bond donors (Lipinski definition) is 1. The molecule has 0 amide bonds. The summed E-state index contributed by atoms with van der Waals surface area (Å²) in [6.07, 6.45) is 0.901. The quantitative estimate of drug-likeness (QED) is 0.786. The first-order valence-electron chi connectivity index (χ1n) is 5.66. The molecule has 1 aromatic rings. The van der Waals surface area contributed by atoms with E-state index in [9.17, 15) is 18.0 Å². The van der Waals surface area contributed by atoms with Crippen LogP contribution in [0.3, 0.4) is 0 Å². The molecular weight excluding hydrogens is 260 g/mol. The number of nitrogens with one attached hydrogen (secondary N) is 1. The van der Waals surface area contributed by atoms with Crippen LogP contribution in [0.25, 0.3) is 0 Å². The number of carbonyl (C=O) groups excluding carboxylic acids is 1. The molecule has 0 aromatic carbocycles. The molecule has 1 atom stereocenters. The van der Waals surface area contributed by atoms with Gasteiger partial charge in [-0.25, -0.2) is 17.9 Å². The van der Waals surface area contributed by atoms with Crippen molar-refractivity contribution >= 4 is 15.8 Å². The van der Waals surface area contributed by atoms with Crippen LogP contribution in [0.2, 0.25) is 0 Å². The van der Waals surface area contributed by atoms with Crippen LogP contribution in [-0.2, 0) is 14.6 Å². The van der Waals surface area contributed by atoms with Crippen molar-refractivity contribution in [3.63, 3.8) is 0 Å². The number of rotatable bonds is 3. The fourth-order valence-electron chi connectivity index (χ4n) is 2.00. The van der Waals surface area contributed by atoms with Gasteiger partial charge in [0.25, 0.3) is 5.56 Å². The van der Waals surface area contributed by atoms with Gasteiger partial charge in [0.15, 0.2) is 15.2 Å². The number of ether oxygens (including phenoxy) is 1. The van der Waals surface area contributed by atoms with Crippen molar-refractivity contribution in [3.8, 4) is 0 Å². The van der Waals surface area contributed by atoms with Crippen molar-refractivity contribution in [3.05, 3.63) is 22.1 Å². The molecule has 0 radical (unpaired) electrons. The van der Waals surface area contributed by atoms with Crippen LogP contribution >= 0.6 is 0 Å². The minimum absolute atomic E-state index is 0.0241. The Bertz CT molecular complexity index is 612. The molecule has 8 heteroatoms. The van der Waals surface area contributed by atoms with Crippen LogP contribution < -0.4 is 5.56 Å². The molecule has 1 aliphatic rings. The van der Waals surface area contributed by atoms with Gasteiger partial charge < -0.3 is 4.74 Å². The Labute approximate surface area is 104 Å². The molecule has 1 aromatic heterocycles. The van der Waals surface area contributed by atoms with E-state index in [1.807, 2.05) is 0 Å². The molecule has 7 nitrogen and oxygen atoms in total. The molecule has 1 fully saturated rings. The number of nitrogens with zero attached hydrogens (tertiary/aromatic N) is 1. The van der Waals surface area contributed by atoms with Gasteiger partial charge in [-0.15, -0.1) is 0 Å². The monoisotopic (exact) mass is 274 g/mol. The Hall–Kier alpha value is -1.57. The van der Waals surface area contributed by atoms with E-state index in [4.69, 9.17) is 4.74 Å². The fraction of sp³-hybridized carbons (Fsp3) is 0.600. The predicted molar refractivity (Wildman–Crippen MR) is 63.1 cm³/mol. The number of sulfone groups is 1. The van der Waals surface area contributed by atoms with Crippen molar-refractivity contribution in [1.29, 1.82) is 0 Å². The van der Waals surface area contributed by atoms with Crippen molar-refractivity contribution in [1.82, 2.24) is 9.78 Å². The molecule has 0 aliphatic carbocycles. The zero-order valence-electron chi connectivity index (χ0n) is 9.88. The summed E-state index contributed by atoms with van der Waals surface area (Å²) in [5, 5.41) is 1.62. The predicted octanol–water partition coefficient (Wildman–Crippen LogP) is 0.0603. The lowest BCUT2D eigenvalue weighted by Gasteiger charge is -2.09. The molecule has 1 unspecified atom stereocenters. The number of esters is 1. The Morgan fingerprint density at radius 1 is 1.61 bits per heavy atom. The molecule has 0 spiro atoms. The third kappa shape index (κ3) is 2.20. The van der Waals surface area contributed by atoms with Gasteiger partial charge in [-0.05, 0) is 19.8 Å². The molecule has 2 rings (SSSR count). The molecule has 2 heterocycles. The minimum Gasteiger partial charge on any atom is -0.461 e. The van der Waals surface area contributed by atoms with Gasteiger partial charge in [0.05, 0.1) is 12.4 Å². The summed E-state index contributed by atoms with van der Waals surface area (Å²) in [5.41, 5.74) is -0.558. The normalized spacial score (nSPS) is 21.9. The summed E-state index contributed by atoms with van der Waals surface area (Å²) in [7, 11) is -3.31.